The number of nitrogens with zero attached hydrogens (tertiary/aromatic N) is 3. The van der Waals surface area contributed by atoms with Crippen LogP contribution in [0.3, 0.4) is 0 Å². The van der Waals surface area contributed by atoms with Gasteiger partial charge in [-0.25, -0.2) is 0 Å². The third kappa shape index (κ3) is 5.71. The van der Waals surface area contributed by atoms with Crippen molar-refractivity contribution in [2.45, 2.75) is 31.2 Å². The fourth-order valence-corrected chi connectivity index (χ4v) is 3.71. The molecule has 4 nitrogen and oxygen atoms in total. The molecule has 1 saturated heterocycles. The molecule has 1 heterocycles. The largest absolute Gasteiger partial charge is 0.356 e. The van der Waals surface area contributed by atoms with E-state index in [-0.39, 0.29) is 0 Å². The molecule has 2 rings (SSSR count). The standard InChI is InChI=1S/C19H32N4S/c1-5-23-12-6-7-17(15-23)13-21-19(20-2)22(3)14-16-8-10-18(24-4)11-9-16/h8-11,17H,5-7,12-15H2,1-4H3,(H,20,21). The zero-order chi connectivity index (χ0) is 17.4. The van der Waals surface area contributed by atoms with Gasteiger partial charge in [0.1, 0.15) is 0 Å². The number of likely N-dealkylation sites (tertiary alicyclic amines) is 1. The smallest absolute Gasteiger partial charge is 0.193 e. The minimum atomic E-state index is 0.727. The number of guanidine groups is 1. The van der Waals surface area contributed by atoms with Crippen LogP contribution >= 0.6 is 11.8 Å². The van der Waals surface area contributed by atoms with E-state index in [0.717, 1.165) is 31.5 Å². The Morgan fingerprint density at radius 1 is 1.38 bits per heavy atom. The summed E-state index contributed by atoms with van der Waals surface area (Å²) in [7, 11) is 3.98. The first-order valence-electron chi connectivity index (χ1n) is 8.93. The lowest BCUT2D eigenvalue weighted by molar-refractivity contribution is 0.183. The zero-order valence-electron chi connectivity index (χ0n) is 15.6. The van der Waals surface area contributed by atoms with Crippen LogP contribution in [0.2, 0.25) is 0 Å². The average Bonchev–Trinajstić information content (AvgIpc) is 2.63. The molecule has 1 aromatic carbocycles. The van der Waals surface area contributed by atoms with Gasteiger partial charge in [0.05, 0.1) is 0 Å². The molecule has 1 N–H and O–H groups in total. The number of benzene rings is 1. The van der Waals surface area contributed by atoms with E-state index in [1.165, 1.54) is 36.4 Å². The molecule has 0 aromatic heterocycles. The average molecular weight is 349 g/mol. The summed E-state index contributed by atoms with van der Waals surface area (Å²) >= 11 is 1.78. The first-order valence-corrected chi connectivity index (χ1v) is 10.2. The van der Waals surface area contributed by atoms with Gasteiger partial charge in [0.25, 0.3) is 0 Å². The summed E-state index contributed by atoms with van der Waals surface area (Å²) in [5.41, 5.74) is 1.31. The van der Waals surface area contributed by atoms with E-state index in [2.05, 4.69) is 64.6 Å². The van der Waals surface area contributed by atoms with E-state index < -0.39 is 0 Å². The fraction of sp³-hybridized carbons (Fsp3) is 0.632. The summed E-state index contributed by atoms with van der Waals surface area (Å²) in [4.78, 5) is 10.5. The lowest BCUT2D eigenvalue weighted by atomic mass is 9.98. The van der Waals surface area contributed by atoms with Gasteiger partial charge >= 0.3 is 0 Å². The predicted octanol–water partition coefficient (Wildman–Crippen LogP) is 3.15. The van der Waals surface area contributed by atoms with Crippen LogP contribution in [0.25, 0.3) is 0 Å². The molecule has 1 unspecified atom stereocenters. The van der Waals surface area contributed by atoms with Gasteiger partial charge in [-0.3, -0.25) is 4.99 Å². The maximum Gasteiger partial charge on any atom is 0.193 e. The number of hydrogen-bond acceptors (Lipinski definition) is 3. The Morgan fingerprint density at radius 2 is 2.12 bits per heavy atom. The van der Waals surface area contributed by atoms with E-state index in [4.69, 9.17) is 0 Å². The second-order valence-electron chi connectivity index (χ2n) is 6.53. The highest BCUT2D eigenvalue weighted by Crippen LogP contribution is 2.16. The van der Waals surface area contributed by atoms with Gasteiger partial charge in [-0.05, 0) is 55.8 Å². The minimum absolute atomic E-state index is 0.727. The van der Waals surface area contributed by atoms with E-state index in [0.29, 0.717) is 0 Å². The summed E-state index contributed by atoms with van der Waals surface area (Å²) in [6.45, 7) is 7.77. The highest BCUT2D eigenvalue weighted by Gasteiger charge is 2.19. The molecule has 1 aliphatic rings. The third-order valence-corrected chi connectivity index (χ3v) is 5.49. The number of aliphatic imine (C=N–C) groups is 1. The van der Waals surface area contributed by atoms with Gasteiger partial charge in [-0.2, -0.15) is 0 Å². The van der Waals surface area contributed by atoms with Gasteiger partial charge in [0.15, 0.2) is 5.96 Å². The predicted molar refractivity (Wildman–Crippen MR) is 106 cm³/mol. The Morgan fingerprint density at radius 3 is 2.75 bits per heavy atom. The molecule has 1 aromatic rings. The lowest BCUT2D eigenvalue weighted by Crippen LogP contribution is -2.44. The molecule has 1 aliphatic heterocycles. The van der Waals surface area contributed by atoms with Gasteiger partial charge in [-0.1, -0.05) is 19.1 Å². The second-order valence-corrected chi connectivity index (χ2v) is 7.41. The van der Waals surface area contributed by atoms with Crippen molar-refractivity contribution in [3.63, 3.8) is 0 Å². The number of nitrogens with one attached hydrogen (secondary N) is 1. The lowest BCUT2D eigenvalue weighted by Gasteiger charge is -2.33. The first-order chi connectivity index (χ1) is 11.7. The molecule has 1 atom stereocenters. The molecular weight excluding hydrogens is 316 g/mol. The van der Waals surface area contributed by atoms with Crippen molar-refractivity contribution < 1.29 is 0 Å². The van der Waals surface area contributed by atoms with Crippen LogP contribution in [0.5, 0.6) is 0 Å². The van der Waals surface area contributed by atoms with E-state index in [9.17, 15) is 0 Å². The molecule has 0 radical (unpaired) electrons. The normalized spacial score (nSPS) is 19.3. The topological polar surface area (TPSA) is 30.9 Å². The molecule has 1 fully saturated rings. The van der Waals surface area contributed by atoms with Gasteiger partial charge in [-0.15, -0.1) is 11.8 Å². The van der Waals surface area contributed by atoms with Gasteiger partial charge in [0.2, 0.25) is 0 Å². The molecule has 0 aliphatic carbocycles. The molecule has 0 saturated carbocycles. The van der Waals surface area contributed by atoms with Crippen LogP contribution < -0.4 is 5.32 Å². The summed E-state index contributed by atoms with van der Waals surface area (Å²) < 4.78 is 0. The number of hydrogen-bond donors (Lipinski definition) is 1. The van der Waals surface area contributed by atoms with Crippen molar-refractivity contribution in [2.75, 3.05) is 46.5 Å². The summed E-state index contributed by atoms with van der Waals surface area (Å²) in [6.07, 6.45) is 4.74. The Labute approximate surface area is 151 Å². The second kappa shape index (κ2) is 9.94. The minimum Gasteiger partial charge on any atom is -0.356 e. The van der Waals surface area contributed by atoms with Crippen molar-refractivity contribution in [2.24, 2.45) is 10.9 Å². The molecular formula is C19H32N4S. The van der Waals surface area contributed by atoms with Crippen molar-refractivity contribution in [3.05, 3.63) is 29.8 Å². The van der Waals surface area contributed by atoms with Crippen LogP contribution in [0.15, 0.2) is 34.2 Å². The number of thioether (sulfide) groups is 1. The van der Waals surface area contributed by atoms with Crippen molar-refractivity contribution in [3.8, 4) is 0 Å². The van der Waals surface area contributed by atoms with Crippen molar-refractivity contribution in [1.82, 2.24) is 15.1 Å². The first kappa shape index (κ1) is 19.1. The van der Waals surface area contributed by atoms with E-state index in [1.54, 1.807) is 11.8 Å². The molecule has 5 heteroatoms. The Hall–Kier alpha value is -1.20. The number of piperidine rings is 1. The Balaban J connectivity index is 1.83. The van der Waals surface area contributed by atoms with Crippen molar-refractivity contribution >= 4 is 17.7 Å². The Kier molecular flexibility index (Phi) is 7.92. The molecule has 0 amide bonds. The highest BCUT2D eigenvalue weighted by atomic mass is 32.2. The molecule has 24 heavy (non-hydrogen) atoms. The molecule has 0 bridgehead atoms. The van der Waals surface area contributed by atoms with Crippen LogP contribution in [-0.2, 0) is 6.54 Å². The van der Waals surface area contributed by atoms with E-state index >= 15 is 0 Å². The zero-order valence-corrected chi connectivity index (χ0v) is 16.4. The fourth-order valence-electron chi connectivity index (χ4n) is 3.31. The van der Waals surface area contributed by atoms with E-state index in [1.807, 2.05) is 7.05 Å². The monoisotopic (exact) mass is 348 g/mol. The van der Waals surface area contributed by atoms with Crippen LogP contribution in [-0.4, -0.2) is 62.3 Å². The van der Waals surface area contributed by atoms with Crippen LogP contribution in [0.4, 0.5) is 0 Å². The highest BCUT2D eigenvalue weighted by molar-refractivity contribution is 7.98. The van der Waals surface area contributed by atoms with Gasteiger partial charge in [0, 0.05) is 38.6 Å². The maximum absolute atomic E-state index is 4.46. The van der Waals surface area contributed by atoms with Crippen molar-refractivity contribution in [1.29, 1.82) is 0 Å². The third-order valence-electron chi connectivity index (χ3n) is 4.75. The SMILES string of the molecule is CCN1CCCC(CNC(=NC)N(C)Cc2ccc(SC)cc2)C1. The van der Waals surface area contributed by atoms with Crippen LogP contribution in [0.1, 0.15) is 25.3 Å². The quantitative estimate of drug-likeness (QED) is 0.486. The Bertz CT molecular complexity index is 515. The van der Waals surface area contributed by atoms with Gasteiger partial charge < -0.3 is 15.1 Å². The summed E-state index contributed by atoms with van der Waals surface area (Å²) in [5, 5.41) is 3.57. The number of rotatable bonds is 6. The molecule has 134 valence electrons. The maximum atomic E-state index is 4.46. The summed E-state index contributed by atoms with van der Waals surface area (Å²) in [6, 6.07) is 8.78. The summed E-state index contributed by atoms with van der Waals surface area (Å²) in [5.74, 6) is 1.71. The van der Waals surface area contributed by atoms with Crippen LogP contribution in [0, 0.1) is 5.92 Å². The molecule has 0 spiro atoms.